The molecule has 0 saturated heterocycles. The number of carbonyl (C=O) groups is 1. The lowest BCUT2D eigenvalue weighted by Crippen LogP contribution is -2.07. The molecule has 0 aliphatic heterocycles. The largest absolute Gasteiger partial charge is 0.481 e. The number of unbranched alkanes of at least 4 members (excludes halogenated alkanes) is 7. The average molecular weight is 314 g/mol. The Hall–Kier alpha value is -0.870. The number of aliphatic hydroxyl groups excluding tert-OH is 2. The monoisotopic (exact) mass is 314 g/mol. The Labute approximate surface area is 135 Å². The third-order valence-electron chi connectivity index (χ3n) is 3.80. The highest BCUT2D eigenvalue weighted by Crippen LogP contribution is 2.11. The number of aliphatic hydroxyl groups is 2. The van der Waals surface area contributed by atoms with E-state index in [1.54, 1.807) is 12.2 Å². The van der Waals surface area contributed by atoms with Crippen LogP contribution in [0.15, 0.2) is 12.2 Å². The highest BCUT2D eigenvalue weighted by Gasteiger charge is 2.03. The molecule has 0 aromatic rings. The van der Waals surface area contributed by atoms with Gasteiger partial charge in [-0.15, -0.1) is 0 Å². The van der Waals surface area contributed by atoms with Crippen LogP contribution in [-0.4, -0.2) is 33.5 Å². The second kappa shape index (κ2) is 15.0. The van der Waals surface area contributed by atoms with Crippen molar-refractivity contribution in [2.45, 2.75) is 96.2 Å². The van der Waals surface area contributed by atoms with Gasteiger partial charge in [0.05, 0.1) is 12.2 Å². The summed E-state index contributed by atoms with van der Waals surface area (Å²) >= 11 is 0. The van der Waals surface area contributed by atoms with Gasteiger partial charge in [-0.3, -0.25) is 4.79 Å². The summed E-state index contributed by atoms with van der Waals surface area (Å²) in [6.45, 7) is 2.20. The summed E-state index contributed by atoms with van der Waals surface area (Å²) in [7, 11) is 0. The fourth-order valence-corrected chi connectivity index (χ4v) is 2.39. The van der Waals surface area contributed by atoms with Gasteiger partial charge in [0, 0.05) is 6.42 Å². The fourth-order valence-electron chi connectivity index (χ4n) is 2.39. The summed E-state index contributed by atoms with van der Waals surface area (Å²) in [5.41, 5.74) is 0. The van der Waals surface area contributed by atoms with E-state index >= 15 is 0 Å². The average Bonchev–Trinajstić information content (AvgIpc) is 2.48. The molecule has 3 N–H and O–H groups in total. The van der Waals surface area contributed by atoms with E-state index in [1.807, 2.05) is 0 Å². The second-order valence-electron chi connectivity index (χ2n) is 6.07. The zero-order chi connectivity index (χ0) is 16.6. The molecule has 4 heteroatoms. The van der Waals surface area contributed by atoms with Gasteiger partial charge in [-0.05, 0) is 19.3 Å². The van der Waals surface area contributed by atoms with Gasteiger partial charge in [0.15, 0.2) is 0 Å². The maximum atomic E-state index is 10.3. The first-order chi connectivity index (χ1) is 10.6. The van der Waals surface area contributed by atoms with Gasteiger partial charge in [-0.2, -0.15) is 0 Å². The Morgan fingerprint density at radius 2 is 1.27 bits per heavy atom. The van der Waals surface area contributed by atoms with E-state index < -0.39 is 18.2 Å². The van der Waals surface area contributed by atoms with Crippen molar-refractivity contribution in [3.05, 3.63) is 12.2 Å². The molecule has 0 amide bonds. The SMILES string of the molecule is CCCCCCCC[C@@H](O)/C=C\[C@@H](O)CCCCCC(=O)O. The lowest BCUT2D eigenvalue weighted by atomic mass is 10.1. The van der Waals surface area contributed by atoms with Crippen LogP contribution in [0.5, 0.6) is 0 Å². The zero-order valence-corrected chi connectivity index (χ0v) is 14.0. The van der Waals surface area contributed by atoms with Crippen LogP contribution in [-0.2, 0) is 4.79 Å². The van der Waals surface area contributed by atoms with Crippen molar-refractivity contribution < 1.29 is 20.1 Å². The molecule has 0 rings (SSSR count). The maximum Gasteiger partial charge on any atom is 0.303 e. The topological polar surface area (TPSA) is 77.8 Å². The highest BCUT2D eigenvalue weighted by molar-refractivity contribution is 5.66. The summed E-state index contributed by atoms with van der Waals surface area (Å²) in [6.07, 6.45) is 13.5. The van der Waals surface area contributed by atoms with E-state index in [9.17, 15) is 15.0 Å². The van der Waals surface area contributed by atoms with Gasteiger partial charge in [0.1, 0.15) is 0 Å². The lowest BCUT2D eigenvalue weighted by Gasteiger charge is -2.08. The molecule has 0 aromatic heterocycles. The van der Waals surface area contributed by atoms with Gasteiger partial charge >= 0.3 is 5.97 Å². The van der Waals surface area contributed by atoms with E-state index in [0.717, 1.165) is 32.1 Å². The number of hydrogen-bond acceptors (Lipinski definition) is 3. The van der Waals surface area contributed by atoms with Crippen LogP contribution in [0, 0.1) is 0 Å². The molecule has 130 valence electrons. The van der Waals surface area contributed by atoms with Crippen molar-refractivity contribution in [1.82, 2.24) is 0 Å². The van der Waals surface area contributed by atoms with Crippen LogP contribution < -0.4 is 0 Å². The number of carboxylic acids is 1. The Balaban J connectivity index is 3.52. The third kappa shape index (κ3) is 15.5. The van der Waals surface area contributed by atoms with E-state index in [0.29, 0.717) is 12.8 Å². The van der Waals surface area contributed by atoms with Crippen LogP contribution >= 0.6 is 0 Å². The highest BCUT2D eigenvalue weighted by atomic mass is 16.4. The molecule has 22 heavy (non-hydrogen) atoms. The summed E-state index contributed by atoms with van der Waals surface area (Å²) in [6, 6.07) is 0. The molecule has 0 heterocycles. The molecule has 0 unspecified atom stereocenters. The molecular weight excluding hydrogens is 280 g/mol. The van der Waals surface area contributed by atoms with Crippen molar-refractivity contribution in [2.24, 2.45) is 0 Å². The molecular formula is C18H34O4. The van der Waals surface area contributed by atoms with Crippen molar-refractivity contribution >= 4 is 5.97 Å². The standard InChI is InChI=1S/C18H34O4/c1-2-3-4-5-6-8-11-16(19)14-15-17(20)12-9-7-10-13-18(21)22/h14-17,19-20H,2-13H2,1H3,(H,21,22)/b15-14-/t16-,17+/m1/s1. The van der Waals surface area contributed by atoms with Crippen molar-refractivity contribution in [3.8, 4) is 0 Å². The van der Waals surface area contributed by atoms with Gasteiger partial charge in [0.25, 0.3) is 0 Å². The summed E-state index contributed by atoms with van der Waals surface area (Å²) in [5.74, 6) is -0.765. The number of hydrogen-bond donors (Lipinski definition) is 3. The Bertz CT molecular complexity index is 289. The lowest BCUT2D eigenvalue weighted by molar-refractivity contribution is -0.137. The van der Waals surface area contributed by atoms with E-state index in [-0.39, 0.29) is 6.42 Å². The normalized spacial score (nSPS) is 14.3. The van der Waals surface area contributed by atoms with Gasteiger partial charge in [-0.25, -0.2) is 0 Å². The summed E-state index contributed by atoms with van der Waals surface area (Å²) in [4.78, 5) is 10.3. The number of carboxylic acid groups (broad SMARTS) is 1. The summed E-state index contributed by atoms with van der Waals surface area (Å²) in [5, 5.41) is 28.1. The maximum absolute atomic E-state index is 10.3. The second-order valence-corrected chi connectivity index (χ2v) is 6.07. The Morgan fingerprint density at radius 1 is 0.818 bits per heavy atom. The molecule has 0 spiro atoms. The van der Waals surface area contributed by atoms with Crippen LogP contribution in [0.25, 0.3) is 0 Å². The van der Waals surface area contributed by atoms with Crippen molar-refractivity contribution in [2.75, 3.05) is 0 Å². The minimum Gasteiger partial charge on any atom is -0.481 e. The van der Waals surface area contributed by atoms with Crippen molar-refractivity contribution in [1.29, 1.82) is 0 Å². The predicted octanol–water partition coefficient (Wildman–Crippen LogP) is 4.05. The van der Waals surface area contributed by atoms with Gasteiger partial charge < -0.3 is 15.3 Å². The molecule has 0 aromatic carbocycles. The Kier molecular flexibility index (Phi) is 14.4. The smallest absolute Gasteiger partial charge is 0.303 e. The number of aliphatic carboxylic acids is 1. The molecule has 0 aliphatic carbocycles. The first kappa shape index (κ1) is 21.1. The first-order valence-electron chi connectivity index (χ1n) is 8.82. The molecule has 0 bridgehead atoms. The number of rotatable bonds is 15. The Morgan fingerprint density at radius 3 is 1.77 bits per heavy atom. The minimum absolute atomic E-state index is 0.197. The van der Waals surface area contributed by atoms with Crippen LogP contribution in [0.4, 0.5) is 0 Å². The van der Waals surface area contributed by atoms with E-state index in [1.165, 1.54) is 25.7 Å². The fraction of sp³-hybridized carbons (Fsp3) is 0.833. The molecule has 4 nitrogen and oxygen atoms in total. The van der Waals surface area contributed by atoms with Crippen LogP contribution in [0.2, 0.25) is 0 Å². The van der Waals surface area contributed by atoms with E-state index in [2.05, 4.69) is 6.92 Å². The quantitative estimate of drug-likeness (QED) is 0.315. The molecule has 2 atom stereocenters. The summed E-state index contributed by atoms with van der Waals surface area (Å²) < 4.78 is 0. The molecule has 0 aliphatic rings. The van der Waals surface area contributed by atoms with Crippen LogP contribution in [0.3, 0.4) is 0 Å². The molecule has 0 radical (unpaired) electrons. The molecule has 0 fully saturated rings. The molecule has 0 saturated carbocycles. The van der Waals surface area contributed by atoms with E-state index in [4.69, 9.17) is 5.11 Å². The van der Waals surface area contributed by atoms with Gasteiger partial charge in [-0.1, -0.05) is 70.4 Å². The predicted molar refractivity (Wildman–Crippen MR) is 89.9 cm³/mol. The van der Waals surface area contributed by atoms with Crippen molar-refractivity contribution in [3.63, 3.8) is 0 Å². The minimum atomic E-state index is -0.765. The van der Waals surface area contributed by atoms with Crippen LogP contribution in [0.1, 0.15) is 84.0 Å². The zero-order valence-electron chi connectivity index (χ0n) is 14.0. The van der Waals surface area contributed by atoms with Gasteiger partial charge in [0.2, 0.25) is 0 Å². The third-order valence-corrected chi connectivity index (χ3v) is 3.80. The first-order valence-corrected chi connectivity index (χ1v) is 8.82.